The topological polar surface area (TPSA) is 12.4 Å². The van der Waals surface area contributed by atoms with E-state index in [0.717, 1.165) is 12.5 Å². The molecular weight excluding hydrogens is 142 g/mol. The maximum Gasteiger partial charge on any atom is 0.0678 e. The van der Waals surface area contributed by atoms with Crippen LogP contribution in [0.25, 0.3) is 0 Å². The van der Waals surface area contributed by atoms with Gasteiger partial charge >= 0.3 is 0 Å². The quantitative estimate of drug-likeness (QED) is 0.600. The Morgan fingerprint density at radius 3 is 2.90 bits per heavy atom. The van der Waals surface area contributed by atoms with Gasteiger partial charge in [-0.25, -0.2) is 0 Å². The van der Waals surface area contributed by atoms with Gasteiger partial charge in [-0.1, -0.05) is 13.8 Å². The number of nitrogens with zero attached hydrogens (tertiary/aromatic N) is 1. The number of rotatable bonds is 2. The predicted octanol–water partition coefficient (Wildman–Crippen LogP) is 2.57. The minimum Gasteiger partial charge on any atom is -0.283 e. The molecule has 1 nitrogen and oxygen atoms in total. The van der Waals surface area contributed by atoms with Crippen molar-refractivity contribution in [2.45, 2.75) is 26.7 Å². The molecule has 0 amide bonds. The first kappa shape index (κ1) is 8.12. The molecule has 0 spiro atoms. The summed E-state index contributed by atoms with van der Waals surface area (Å²) in [7, 11) is 0. The Hall–Kier alpha value is 0.0200. The SMILES string of the molecule is CC(C)CC1=NCCCS1. The maximum absolute atomic E-state index is 4.45. The van der Waals surface area contributed by atoms with Crippen LogP contribution in [0.1, 0.15) is 26.7 Å². The van der Waals surface area contributed by atoms with E-state index in [4.69, 9.17) is 0 Å². The zero-order valence-corrected chi connectivity index (χ0v) is 7.58. The van der Waals surface area contributed by atoms with E-state index in [1.807, 2.05) is 11.8 Å². The Morgan fingerprint density at radius 2 is 2.40 bits per heavy atom. The van der Waals surface area contributed by atoms with Crippen LogP contribution < -0.4 is 0 Å². The largest absolute Gasteiger partial charge is 0.283 e. The highest BCUT2D eigenvalue weighted by molar-refractivity contribution is 8.14. The molecule has 0 N–H and O–H groups in total. The molecule has 0 saturated carbocycles. The maximum atomic E-state index is 4.45. The fourth-order valence-corrected chi connectivity index (χ4v) is 2.12. The number of hydrogen-bond donors (Lipinski definition) is 0. The third-order valence-corrected chi connectivity index (χ3v) is 2.56. The van der Waals surface area contributed by atoms with E-state index in [9.17, 15) is 0 Å². The average Bonchev–Trinajstić information content (AvgIpc) is 1.88. The minimum absolute atomic E-state index is 0.768. The average molecular weight is 157 g/mol. The van der Waals surface area contributed by atoms with Crippen LogP contribution in [0.5, 0.6) is 0 Å². The summed E-state index contributed by atoms with van der Waals surface area (Å²) in [5, 5.41) is 1.38. The summed E-state index contributed by atoms with van der Waals surface area (Å²) in [5.41, 5.74) is 0. The molecule has 1 rings (SSSR count). The Balaban J connectivity index is 2.31. The molecule has 0 aromatic carbocycles. The third-order valence-electron chi connectivity index (χ3n) is 1.44. The van der Waals surface area contributed by atoms with E-state index in [0.29, 0.717) is 0 Å². The highest BCUT2D eigenvalue weighted by atomic mass is 32.2. The van der Waals surface area contributed by atoms with E-state index >= 15 is 0 Å². The molecule has 0 aromatic rings. The second-order valence-electron chi connectivity index (χ2n) is 3.08. The summed E-state index contributed by atoms with van der Waals surface area (Å²) in [4.78, 5) is 4.45. The van der Waals surface area contributed by atoms with Gasteiger partial charge < -0.3 is 0 Å². The lowest BCUT2D eigenvalue weighted by Gasteiger charge is -2.12. The second-order valence-corrected chi connectivity index (χ2v) is 4.24. The third kappa shape index (κ3) is 2.74. The summed E-state index contributed by atoms with van der Waals surface area (Å²) in [6.07, 6.45) is 2.46. The van der Waals surface area contributed by atoms with Gasteiger partial charge in [0.1, 0.15) is 0 Å². The molecule has 0 unspecified atom stereocenters. The van der Waals surface area contributed by atoms with Crippen LogP contribution in [0.3, 0.4) is 0 Å². The summed E-state index contributed by atoms with van der Waals surface area (Å²) < 4.78 is 0. The van der Waals surface area contributed by atoms with E-state index in [1.165, 1.54) is 23.6 Å². The van der Waals surface area contributed by atoms with Gasteiger partial charge in [0.25, 0.3) is 0 Å². The fraction of sp³-hybridized carbons (Fsp3) is 0.875. The summed E-state index contributed by atoms with van der Waals surface area (Å²) in [5.74, 6) is 2.05. The normalized spacial score (nSPS) is 19.3. The summed E-state index contributed by atoms with van der Waals surface area (Å²) >= 11 is 1.94. The molecule has 1 heterocycles. The van der Waals surface area contributed by atoms with E-state index in [2.05, 4.69) is 18.8 Å². The standard InChI is InChI=1S/C8H15NS/c1-7(2)6-8-9-4-3-5-10-8/h7H,3-6H2,1-2H3. The van der Waals surface area contributed by atoms with Crippen LogP contribution in [0.4, 0.5) is 0 Å². The number of aliphatic imine (C=N–C) groups is 1. The van der Waals surface area contributed by atoms with Gasteiger partial charge in [0.2, 0.25) is 0 Å². The van der Waals surface area contributed by atoms with Crippen LogP contribution in [0.2, 0.25) is 0 Å². The molecular formula is C8H15NS. The molecule has 2 heteroatoms. The lowest BCUT2D eigenvalue weighted by Crippen LogP contribution is -2.06. The first-order valence-corrected chi connectivity index (χ1v) is 4.93. The van der Waals surface area contributed by atoms with Crippen molar-refractivity contribution in [1.29, 1.82) is 0 Å². The van der Waals surface area contributed by atoms with Gasteiger partial charge in [-0.15, -0.1) is 11.8 Å². The van der Waals surface area contributed by atoms with Crippen molar-refractivity contribution in [1.82, 2.24) is 0 Å². The number of hydrogen-bond acceptors (Lipinski definition) is 2. The molecule has 1 aliphatic heterocycles. The van der Waals surface area contributed by atoms with E-state index < -0.39 is 0 Å². The van der Waals surface area contributed by atoms with Gasteiger partial charge in [0, 0.05) is 12.3 Å². The molecule has 10 heavy (non-hydrogen) atoms. The van der Waals surface area contributed by atoms with Crippen molar-refractivity contribution >= 4 is 16.8 Å². The van der Waals surface area contributed by atoms with Crippen LogP contribution in [-0.2, 0) is 0 Å². The lowest BCUT2D eigenvalue weighted by molar-refractivity contribution is 0.685. The summed E-state index contributed by atoms with van der Waals surface area (Å²) in [6.45, 7) is 5.56. The predicted molar refractivity (Wildman–Crippen MR) is 48.8 cm³/mol. The molecule has 0 bridgehead atoms. The molecule has 58 valence electrons. The highest BCUT2D eigenvalue weighted by Gasteiger charge is 2.06. The molecule has 0 radical (unpaired) electrons. The van der Waals surface area contributed by atoms with Crippen molar-refractivity contribution in [2.75, 3.05) is 12.3 Å². The number of thioether (sulfide) groups is 1. The lowest BCUT2D eigenvalue weighted by atomic mass is 10.1. The molecule has 0 aromatic heterocycles. The van der Waals surface area contributed by atoms with E-state index in [1.54, 1.807) is 0 Å². The van der Waals surface area contributed by atoms with Crippen molar-refractivity contribution in [3.05, 3.63) is 0 Å². The Morgan fingerprint density at radius 1 is 1.60 bits per heavy atom. The van der Waals surface area contributed by atoms with Crippen molar-refractivity contribution in [3.63, 3.8) is 0 Å². The van der Waals surface area contributed by atoms with Gasteiger partial charge in [-0.2, -0.15) is 0 Å². The molecule has 1 aliphatic rings. The van der Waals surface area contributed by atoms with Gasteiger partial charge in [0.15, 0.2) is 0 Å². The van der Waals surface area contributed by atoms with Crippen LogP contribution >= 0.6 is 11.8 Å². The minimum atomic E-state index is 0.768. The highest BCUT2D eigenvalue weighted by Crippen LogP contribution is 2.17. The molecule has 0 atom stereocenters. The second kappa shape index (κ2) is 4.02. The zero-order chi connectivity index (χ0) is 7.40. The monoisotopic (exact) mass is 157 g/mol. The van der Waals surface area contributed by atoms with Gasteiger partial charge in [-0.3, -0.25) is 4.99 Å². The Bertz CT molecular complexity index is 129. The molecule has 0 aliphatic carbocycles. The zero-order valence-electron chi connectivity index (χ0n) is 6.76. The first-order valence-electron chi connectivity index (χ1n) is 3.95. The Kier molecular flexibility index (Phi) is 3.26. The van der Waals surface area contributed by atoms with E-state index in [-0.39, 0.29) is 0 Å². The first-order chi connectivity index (χ1) is 4.79. The smallest absolute Gasteiger partial charge is 0.0678 e. The Labute approximate surface area is 67.3 Å². The van der Waals surface area contributed by atoms with Gasteiger partial charge in [-0.05, 0) is 18.8 Å². The van der Waals surface area contributed by atoms with Crippen LogP contribution in [0, 0.1) is 5.92 Å². The van der Waals surface area contributed by atoms with Gasteiger partial charge in [0.05, 0.1) is 5.04 Å². The molecule has 0 fully saturated rings. The van der Waals surface area contributed by atoms with Crippen LogP contribution in [-0.4, -0.2) is 17.3 Å². The van der Waals surface area contributed by atoms with Crippen LogP contribution in [0.15, 0.2) is 4.99 Å². The van der Waals surface area contributed by atoms with Crippen molar-refractivity contribution < 1.29 is 0 Å². The van der Waals surface area contributed by atoms with Crippen molar-refractivity contribution in [3.8, 4) is 0 Å². The molecule has 0 saturated heterocycles. The van der Waals surface area contributed by atoms with Crippen molar-refractivity contribution in [2.24, 2.45) is 10.9 Å². The summed E-state index contributed by atoms with van der Waals surface area (Å²) in [6, 6.07) is 0. The fourth-order valence-electron chi connectivity index (χ4n) is 0.977.